The van der Waals surface area contributed by atoms with Crippen LogP contribution in [0.2, 0.25) is 0 Å². The molecule has 3 aromatic rings. The lowest BCUT2D eigenvalue weighted by atomic mass is 9.83. The molecule has 1 N–H and O–H groups in total. The summed E-state index contributed by atoms with van der Waals surface area (Å²) in [6.07, 6.45) is 0.921. The number of hydrogen-bond donors (Lipinski definition) is 1. The molecule has 0 saturated carbocycles. The third-order valence-electron chi connectivity index (χ3n) is 4.83. The molecule has 3 heteroatoms. The average Bonchev–Trinajstić information content (AvgIpc) is 3.02. The SMILES string of the molecule is CCC(C)(Cc1cc2cc(C#Cc3ccc(C)cc3)ccc2o1)C(=O)O. The van der Waals surface area contributed by atoms with E-state index in [1.165, 1.54) is 5.56 Å². The van der Waals surface area contributed by atoms with Gasteiger partial charge in [-0.1, -0.05) is 36.5 Å². The number of benzene rings is 2. The van der Waals surface area contributed by atoms with E-state index in [0.29, 0.717) is 18.6 Å². The lowest BCUT2D eigenvalue weighted by molar-refractivity contribution is -0.148. The molecule has 0 saturated heterocycles. The van der Waals surface area contributed by atoms with Gasteiger partial charge in [-0.25, -0.2) is 0 Å². The Kier molecular flexibility index (Phi) is 4.86. The first-order valence-electron chi connectivity index (χ1n) is 8.74. The molecule has 132 valence electrons. The number of carbonyl (C=O) groups is 1. The van der Waals surface area contributed by atoms with Crippen LogP contribution in [0.5, 0.6) is 0 Å². The van der Waals surface area contributed by atoms with E-state index in [0.717, 1.165) is 22.1 Å². The van der Waals surface area contributed by atoms with E-state index in [1.54, 1.807) is 6.92 Å². The van der Waals surface area contributed by atoms with Gasteiger partial charge in [-0.15, -0.1) is 0 Å². The van der Waals surface area contributed by atoms with Gasteiger partial charge in [-0.05, 0) is 56.7 Å². The van der Waals surface area contributed by atoms with Crippen LogP contribution in [0.1, 0.15) is 42.7 Å². The normalized spacial score (nSPS) is 13.0. The predicted molar refractivity (Wildman–Crippen MR) is 103 cm³/mol. The van der Waals surface area contributed by atoms with E-state index in [4.69, 9.17) is 4.42 Å². The molecular weight excluding hydrogens is 324 g/mol. The Bertz CT molecular complexity index is 999. The summed E-state index contributed by atoms with van der Waals surface area (Å²) < 4.78 is 5.84. The molecule has 2 aromatic carbocycles. The number of aryl methyl sites for hydroxylation is 1. The largest absolute Gasteiger partial charge is 0.481 e. The minimum Gasteiger partial charge on any atom is -0.481 e. The second-order valence-corrected chi connectivity index (χ2v) is 6.98. The van der Waals surface area contributed by atoms with Gasteiger partial charge in [0.05, 0.1) is 5.41 Å². The maximum Gasteiger partial charge on any atom is 0.309 e. The highest BCUT2D eigenvalue weighted by Crippen LogP contribution is 2.30. The van der Waals surface area contributed by atoms with E-state index in [2.05, 4.69) is 18.8 Å². The fraction of sp³-hybridized carbons (Fsp3) is 0.261. The molecule has 0 radical (unpaired) electrons. The van der Waals surface area contributed by atoms with Crippen molar-refractivity contribution in [2.24, 2.45) is 5.41 Å². The second-order valence-electron chi connectivity index (χ2n) is 6.98. The Morgan fingerprint density at radius 1 is 1.08 bits per heavy atom. The minimum atomic E-state index is -0.818. The lowest BCUT2D eigenvalue weighted by Gasteiger charge is -2.21. The fourth-order valence-electron chi connectivity index (χ4n) is 2.78. The summed E-state index contributed by atoms with van der Waals surface area (Å²) in [5.74, 6) is 6.23. The molecule has 0 aliphatic rings. The Hall–Kier alpha value is -2.99. The molecule has 0 spiro atoms. The molecular formula is C23H22O3. The van der Waals surface area contributed by atoms with Gasteiger partial charge in [0.25, 0.3) is 0 Å². The van der Waals surface area contributed by atoms with Gasteiger partial charge in [-0.2, -0.15) is 0 Å². The topological polar surface area (TPSA) is 50.4 Å². The lowest BCUT2D eigenvalue weighted by Crippen LogP contribution is -2.28. The molecule has 1 atom stereocenters. The molecule has 0 aliphatic carbocycles. The minimum absolute atomic E-state index is 0.373. The van der Waals surface area contributed by atoms with Crippen LogP contribution in [0.15, 0.2) is 52.9 Å². The van der Waals surface area contributed by atoms with Crippen molar-refractivity contribution in [3.63, 3.8) is 0 Å². The number of rotatable bonds is 4. The summed E-state index contributed by atoms with van der Waals surface area (Å²) in [5, 5.41) is 10.4. The molecule has 0 bridgehead atoms. The summed E-state index contributed by atoms with van der Waals surface area (Å²) in [6, 6.07) is 15.8. The van der Waals surface area contributed by atoms with Gasteiger partial charge in [0.15, 0.2) is 0 Å². The van der Waals surface area contributed by atoms with Crippen LogP contribution < -0.4 is 0 Å². The summed E-state index contributed by atoms with van der Waals surface area (Å²) in [5.41, 5.74) is 3.03. The van der Waals surface area contributed by atoms with E-state index >= 15 is 0 Å². The van der Waals surface area contributed by atoms with Crippen molar-refractivity contribution in [1.29, 1.82) is 0 Å². The molecule has 0 amide bonds. The highest BCUT2D eigenvalue weighted by Gasteiger charge is 2.32. The number of hydrogen-bond acceptors (Lipinski definition) is 2. The van der Waals surface area contributed by atoms with Crippen LogP contribution in [0.3, 0.4) is 0 Å². The highest BCUT2D eigenvalue weighted by molar-refractivity contribution is 5.80. The maximum atomic E-state index is 11.5. The molecule has 0 fully saturated rings. The third-order valence-corrected chi connectivity index (χ3v) is 4.83. The van der Waals surface area contributed by atoms with E-state index in [-0.39, 0.29) is 0 Å². The van der Waals surface area contributed by atoms with Crippen molar-refractivity contribution in [3.8, 4) is 11.8 Å². The highest BCUT2D eigenvalue weighted by atomic mass is 16.4. The smallest absolute Gasteiger partial charge is 0.309 e. The number of carboxylic acid groups (broad SMARTS) is 1. The first kappa shape index (κ1) is 17.8. The quantitative estimate of drug-likeness (QED) is 0.662. The molecule has 1 aromatic heterocycles. The third kappa shape index (κ3) is 3.81. The van der Waals surface area contributed by atoms with Gasteiger partial charge in [0, 0.05) is 22.9 Å². The first-order valence-corrected chi connectivity index (χ1v) is 8.74. The van der Waals surface area contributed by atoms with E-state index in [9.17, 15) is 9.90 Å². The van der Waals surface area contributed by atoms with Crippen LogP contribution in [0.4, 0.5) is 0 Å². The zero-order valence-corrected chi connectivity index (χ0v) is 15.3. The Morgan fingerprint density at radius 2 is 1.73 bits per heavy atom. The van der Waals surface area contributed by atoms with Gasteiger partial charge in [0.2, 0.25) is 0 Å². The zero-order valence-electron chi connectivity index (χ0n) is 15.3. The van der Waals surface area contributed by atoms with Gasteiger partial charge >= 0.3 is 5.97 Å². The average molecular weight is 346 g/mol. The first-order chi connectivity index (χ1) is 12.4. The van der Waals surface area contributed by atoms with Gasteiger partial charge in [0.1, 0.15) is 11.3 Å². The molecule has 1 unspecified atom stereocenters. The molecule has 1 heterocycles. The van der Waals surface area contributed by atoms with Crippen LogP contribution in [0, 0.1) is 24.2 Å². The number of fused-ring (bicyclic) bond motifs is 1. The van der Waals surface area contributed by atoms with Crippen LogP contribution in [-0.4, -0.2) is 11.1 Å². The summed E-state index contributed by atoms with van der Waals surface area (Å²) in [7, 11) is 0. The van der Waals surface area contributed by atoms with Crippen molar-refractivity contribution >= 4 is 16.9 Å². The summed E-state index contributed by atoms with van der Waals surface area (Å²) in [6.45, 7) is 5.69. The fourth-order valence-corrected chi connectivity index (χ4v) is 2.78. The number of furan rings is 1. The van der Waals surface area contributed by atoms with Crippen molar-refractivity contribution < 1.29 is 14.3 Å². The van der Waals surface area contributed by atoms with Crippen molar-refractivity contribution in [2.75, 3.05) is 0 Å². The molecule has 3 rings (SSSR count). The van der Waals surface area contributed by atoms with Crippen molar-refractivity contribution in [2.45, 2.75) is 33.6 Å². The summed E-state index contributed by atoms with van der Waals surface area (Å²) >= 11 is 0. The summed E-state index contributed by atoms with van der Waals surface area (Å²) in [4.78, 5) is 11.5. The van der Waals surface area contributed by atoms with Crippen LogP contribution >= 0.6 is 0 Å². The standard InChI is InChI=1S/C23H22O3/c1-4-23(3,22(24)25)15-20-14-19-13-18(11-12-21(19)26-20)10-9-17-7-5-16(2)6-8-17/h5-8,11-14H,4,15H2,1-3H3,(H,24,25). The Balaban J connectivity index is 1.86. The van der Waals surface area contributed by atoms with E-state index < -0.39 is 11.4 Å². The monoisotopic (exact) mass is 346 g/mol. The molecule has 26 heavy (non-hydrogen) atoms. The maximum absolute atomic E-state index is 11.5. The van der Waals surface area contributed by atoms with Gasteiger partial charge in [-0.3, -0.25) is 4.79 Å². The van der Waals surface area contributed by atoms with E-state index in [1.807, 2.05) is 55.5 Å². The van der Waals surface area contributed by atoms with Crippen LogP contribution in [-0.2, 0) is 11.2 Å². The number of carboxylic acids is 1. The van der Waals surface area contributed by atoms with Gasteiger partial charge < -0.3 is 9.52 Å². The Morgan fingerprint density at radius 3 is 2.38 bits per heavy atom. The predicted octanol–water partition coefficient (Wildman–Crippen LogP) is 5.18. The van der Waals surface area contributed by atoms with Crippen molar-refractivity contribution in [1.82, 2.24) is 0 Å². The molecule has 0 aliphatic heterocycles. The van der Waals surface area contributed by atoms with Crippen LogP contribution in [0.25, 0.3) is 11.0 Å². The second kappa shape index (κ2) is 7.09. The Labute approximate surface area is 153 Å². The number of aliphatic carboxylic acids is 1. The molecule has 3 nitrogen and oxygen atoms in total. The van der Waals surface area contributed by atoms with Crippen molar-refractivity contribution in [3.05, 3.63) is 71.0 Å². The zero-order chi connectivity index (χ0) is 18.7.